The summed E-state index contributed by atoms with van der Waals surface area (Å²) in [4.78, 5) is 12.2. The number of carbonyl (C=O) groups is 1. The van der Waals surface area contributed by atoms with E-state index in [-0.39, 0.29) is 29.3 Å². The minimum Gasteiger partial charge on any atom is -0.488 e. The predicted molar refractivity (Wildman–Crippen MR) is 60.6 cm³/mol. The molecular formula is C14H8F2O2. The van der Waals surface area contributed by atoms with Crippen molar-refractivity contribution in [3.05, 3.63) is 64.7 Å². The number of fused-ring (bicyclic) bond motifs is 2. The molecule has 0 atom stereocenters. The number of hydrogen-bond acceptors (Lipinski definition) is 2. The van der Waals surface area contributed by atoms with Crippen molar-refractivity contribution in [2.75, 3.05) is 0 Å². The van der Waals surface area contributed by atoms with E-state index >= 15 is 0 Å². The predicted octanol–water partition coefficient (Wildman–Crippen LogP) is 3.09. The standard InChI is InChI=1S/C14H8F2O2/c15-9-2-1-8-7-18-13-6-10(16)3-4-11(13)14(17)12(8)5-9/h1-6H,7H2. The molecule has 0 unspecified atom stereocenters. The van der Waals surface area contributed by atoms with Crippen molar-refractivity contribution < 1.29 is 18.3 Å². The summed E-state index contributed by atoms with van der Waals surface area (Å²) < 4.78 is 31.7. The Morgan fingerprint density at radius 2 is 1.67 bits per heavy atom. The van der Waals surface area contributed by atoms with Crippen LogP contribution >= 0.6 is 0 Å². The second-order valence-electron chi connectivity index (χ2n) is 4.06. The molecule has 3 rings (SSSR count). The number of hydrogen-bond donors (Lipinski definition) is 0. The van der Waals surface area contributed by atoms with Gasteiger partial charge in [-0.3, -0.25) is 4.79 Å². The molecule has 0 saturated carbocycles. The first-order valence-corrected chi connectivity index (χ1v) is 5.40. The maximum absolute atomic E-state index is 13.2. The molecule has 0 amide bonds. The van der Waals surface area contributed by atoms with Crippen molar-refractivity contribution in [1.29, 1.82) is 0 Å². The van der Waals surface area contributed by atoms with E-state index in [1.54, 1.807) is 0 Å². The first kappa shape index (κ1) is 10.9. The third-order valence-corrected chi connectivity index (χ3v) is 2.89. The number of benzene rings is 2. The third kappa shape index (κ3) is 1.66. The van der Waals surface area contributed by atoms with Crippen molar-refractivity contribution in [2.24, 2.45) is 0 Å². The van der Waals surface area contributed by atoms with Gasteiger partial charge < -0.3 is 4.74 Å². The zero-order chi connectivity index (χ0) is 12.7. The van der Waals surface area contributed by atoms with Gasteiger partial charge >= 0.3 is 0 Å². The van der Waals surface area contributed by atoms with Gasteiger partial charge in [-0.2, -0.15) is 0 Å². The van der Waals surface area contributed by atoms with Gasteiger partial charge in [0.25, 0.3) is 0 Å². The van der Waals surface area contributed by atoms with Crippen molar-refractivity contribution in [3.8, 4) is 5.75 Å². The van der Waals surface area contributed by atoms with Gasteiger partial charge in [-0.1, -0.05) is 6.07 Å². The topological polar surface area (TPSA) is 26.3 Å². The van der Waals surface area contributed by atoms with Gasteiger partial charge in [-0.25, -0.2) is 8.78 Å². The number of ether oxygens (including phenoxy) is 1. The molecule has 2 aromatic rings. The summed E-state index contributed by atoms with van der Waals surface area (Å²) in [7, 11) is 0. The summed E-state index contributed by atoms with van der Waals surface area (Å²) in [6.45, 7) is 0.123. The molecule has 0 aliphatic carbocycles. The molecule has 2 aromatic carbocycles. The van der Waals surface area contributed by atoms with Crippen LogP contribution in [0, 0.1) is 11.6 Å². The van der Waals surface area contributed by atoms with E-state index in [1.807, 2.05) is 0 Å². The fraction of sp³-hybridized carbons (Fsp3) is 0.0714. The number of ketones is 1. The van der Waals surface area contributed by atoms with E-state index in [9.17, 15) is 13.6 Å². The van der Waals surface area contributed by atoms with Gasteiger partial charge in [0, 0.05) is 17.2 Å². The molecule has 0 bridgehead atoms. The molecule has 4 heteroatoms. The fourth-order valence-corrected chi connectivity index (χ4v) is 1.99. The first-order valence-electron chi connectivity index (χ1n) is 5.40. The summed E-state index contributed by atoms with van der Waals surface area (Å²) in [5.41, 5.74) is 1.11. The van der Waals surface area contributed by atoms with Gasteiger partial charge in [0.05, 0.1) is 5.56 Å². The second kappa shape index (κ2) is 3.91. The Hall–Kier alpha value is -2.23. The fourth-order valence-electron chi connectivity index (χ4n) is 1.99. The molecule has 1 heterocycles. The lowest BCUT2D eigenvalue weighted by Gasteiger charge is -2.05. The smallest absolute Gasteiger partial charge is 0.197 e. The second-order valence-corrected chi connectivity index (χ2v) is 4.06. The van der Waals surface area contributed by atoms with Crippen LogP contribution in [-0.4, -0.2) is 5.78 Å². The lowest BCUT2D eigenvalue weighted by molar-refractivity contribution is 0.103. The Morgan fingerprint density at radius 1 is 0.944 bits per heavy atom. The summed E-state index contributed by atoms with van der Waals surface area (Å²) in [5.74, 6) is -1.11. The molecule has 0 radical (unpaired) electrons. The summed E-state index contributed by atoms with van der Waals surface area (Å²) in [5, 5.41) is 0. The Kier molecular flexibility index (Phi) is 2.37. The molecule has 0 aromatic heterocycles. The van der Waals surface area contributed by atoms with Crippen molar-refractivity contribution in [1.82, 2.24) is 0 Å². The molecule has 0 saturated heterocycles. The Morgan fingerprint density at radius 3 is 2.50 bits per heavy atom. The van der Waals surface area contributed by atoms with Gasteiger partial charge in [-0.15, -0.1) is 0 Å². The Balaban J connectivity index is 2.20. The van der Waals surface area contributed by atoms with E-state index in [4.69, 9.17) is 4.74 Å². The van der Waals surface area contributed by atoms with Gasteiger partial charge in [0.1, 0.15) is 24.0 Å². The lowest BCUT2D eigenvalue weighted by atomic mass is 9.99. The van der Waals surface area contributed by atoms with Crippen LogP contribution in [0.4, 0.5) is 8.78 Å². The normalized spacial score (nSPS) is 13.3. The van der Waals surface area contributed by atoms with Crippen LogP contribution in [-0.2, 0) is 6.61 Å². The third-order valence-electron chi connectivity index (χ3n) is 2.89. The van der Waals surface area contributed by atoms with Gasteiger partial charge in [0.15, 0.2) is 5.78 Å². The van der Waals surface area contributed by atoms with Crippen LogP contribution in [0.5, 0.6) is 5.75 Å². The molecule has 2 nitrogen and oxygen atoms in total. The highest BCUT2D eigenvalue weighted by Crippen LogP contribution is 2.29. The van der Waals surface area contributed by atoms with Crippen LogP contribution in [0.25, 0.3) is 0 Å². The maximum atomic E-state index is 13.2. The van der Waals surface area contributed by atoms with E-state index in [1.165, 1.54) is 30.3 Å². The average molecular weight is 246 g/mol. The largest absolute Gasteiger partial charge is 0.488 e. The summed E-state index contributed by atoms with van der Waals surface area (Å²) >= 11 is 0. The lowest BCUT2D eigenvalue weighted by Crippen LogP contribution is -2.03. The quantitative estimate of drug-likeness (QED) is 0.714. The van der Waals surface area contributed by atoms with Crippen LogP contribution in [0.1, 0.15) is 21.5 Å². The first-order chi connectivity index (χ1) is 8.65. The van der Waals surface area contributed by atoms with Crippen LogP contribution in [0.2, 0.25) is 0 Å². The molecule has 1 aliphatic rings. The minimum absolute atomic E-state index is 0.123. The summed E-state index contributed by atoms with van der Waals surface area (Å²) in [6.07, 6.45) is 0. The Labute approximate surface area is 102 Å². The van der Waals surface area contributed by atoms with Crippen LogP contribution in [0.15, 0.2) is 36.4 Å². The molecule has 0 spiro atoms. The average Bonchev–Trinajstić information content (AvgIpc) is 2.48. The molecular weight excluding hydrogens is 238 g/mol. The highest BCUT2D eigenvalue weighted by Gasteiger charge is 2.22. The number of rotatable bonds is 0. The van der Waals surface area contributed by atoms with Crippen molar-refractivity contribution in [3.63, 3.8) is 0 Å². The molecule has 0 N–H and O–H groups in total. The van der Waals surface area contributed by atoms with E-state index in [0.29, 0.717) is 5.56 Å². The number of carbonyl (C=O) groups excluding carboxylic acids is 1. The zero-order valence-electron chi connectivity index (χ0n) is 9.24. The maximum Gasteiger partial charge on any atom is 0.197 e. The van der Waals surface area contributed by atoms with Crippen LogP contribution < -0.4 is 4.74 Å². The van der Waals surface area contributed by atoms with E-state index in [2.05, 4.69) is 0 Å². The monoisotopic (exact) mass is 246 g/mol. The van der Waals surface area contributed by atoms with Crippen LogP contribution in [0.3, 0.4) is 0 Å². The Bertz CT molecular complexity index is 650. The molecule has 0 fully saturated rings. The minimum atomic E-state index is -0.479. The van der Waals surface area contributed by atoms with E-state index < -0.39 is 11.6 Å². The SMILES string of the molecule is O=C1c2cc(F)ccc2COc2cc(F)ccc21. The molecule has 1 aliphatic heterocycles. The van der Waals surface area contributed by atoms with Gasteiger partial charge in [0.2, 0.25) is 0 Å². The highest BCUT2D eigenvalue weighted by atomic mass is 19.1. The molecule has 18 heavy (non-hydrogen) atoms. The van der Waals surface area contributed by atoms with Gasteiger partial charge in [-0.05, 0) is 24.3 Å². The summed E-state index contributed by atoms with van der Waals surface area (Å²) in [6, 6.07) is 7.66. The highest BCUT2D eigenvalue weighted by molar-refractivity contribution is 6.11. The molecule has 90 valence electrons. The van der Waals surface area contributed by atoms with Crippen molar-refractivity contribution >= 4 is 5.78 Å². The van der Waals surface area contributed by atoms with E-state index in [0.717, 1.165) is 6.07 Å². The number of halogens is 2. The van der Waals surface area contributed by atoms with Crippen molar-refractivity contribution in [2.45, 2.75) is 6.61 Å². The zero-order valence-corrected chi connectivity index (χ0v) is 9.24.